The molecule has 0 aliphatic heterocycles. The number of unbranched alkanes of at least 4 members (excludes halogenated alkanes) is 6. The van der Waals surface area contributed by atoms with Gasteiger partial charge >= 0.3 is 0 Å². The van der Waals surface area contributed by atoms with Crippen LogP contribution >= 0.6 is 0 Å². The Morgan fingerprint density at radius 2 is 1.62 bits per heavy atom. The number of hydrogen-bond acceptors (Lipinski definition) is 0. The van der Waals surface area contributed by atoms with Gasteiger partial charge in [0.2, 0.25) is 0 Å². The summed E-state index contributed by atoms with van der Waals surface area (Å²) in [6, 6.07) is 0. The highest BCUT2D eigenvalue weighted by atomic mass is 14.2. The van der Waals surface area contributed by atoms with Gasteiger partial charge in [-0.05, 0) is 31.6 Å². The minimum atomic E-state index is 0.984. The molecule has 1 fully saturated rings. The molecule has 0 heterocycles. The third-order valence-electron chi connectivity index (χ3n) is 3.47. The summed E-state index contributed by atoms with van der Waals surface area (Å²) < 4.78 is 0. The van der Waals surface area contributed by atoms with E-state index in [0.29, 0.717) is 0 Å². The maximum atomic E-state index is 5.25. The van der Waals surface area contributed by atoms with Crippen LogP contribution in [0.2, 0.25) is 0 Å². The fourth-order valence-electron chi connectivity index (χ4n) is 2.14. The lowest BCUT2D eigenvalue weighted by atomic mass is 9.81. The molecule has 90 valence electrons. The molecule has 0 atom stereocenters. The molecular formula is C16H26. The van der Waals surface area contributed by atoms with E-state index in [4.69, 9.17) is 6.58 Å². The Balaban J connectivity index is 1.70. The lowest BCUT2D eigenvalue weighted by molar-refractivity contribution is 0.351. The third-order valence-corrected chi connectivity index (χ3v) is 3.47. The first kappa shape index (κ1) is 13.5. The highest BCUT2D eigenvalue weighted by Crippen LogP contribution is 2.30. The molecule has 0 N–H and O–H groups in total. The second kappa shape index (κ2) is 9.69. The Labute approximate surface area is 102 Å². The van der Waals surface area contributed by atoms with Crippen LogP contribution in [0.25, 0.3) is 0 Å². The van der Waals surface area contributed by atoms with Crippen molar-refractivity contribution in [1.29, 1.82) is 0 Å². The molecule has 1 aliphatic rings. The molecule has 1 rings (SSSR count). The van der Waals surface area contributed by atoms with E-state index in [1.165, 1.54) is 64.2 Å². The monoisotopic (exact) mass is 218 g/mol. The lowest BCUT2D eigenvalue weighted by Crippen LogP contribution is -2.10. The summed E-state index contributed by atoms with van der Waals surface area (Å²) in [6.07, 6.45) is 22.1. The third kappa shape index (κ3) is 6.87. The predicted molar refractivity (Wildman–Crippen MR) is 72.0 cm³/mol. The highest BCUT2D eigenvalue weighted by Gasteiger charge is 2.16. The maximum absolute atomic E-state index is 5.25. The largest absolute Gasteiger partial charge is 0.0845 e. The van der Waals surface area contributed by atoms with Gasteiger partial charge < -0.3 is 0 Å². The molecule has 0 heteroatoms. The molecule has 16 heavy (non-hydrogen) atoms. The van der Waals surface area contributed by atoms with Crippen LogP contribution in [-0.4, -0.2) is 0 Å². The van der Waals surface area contributed by atoms with Crippen LogP contribution in [0.4, 0.5) is 0 Å². The molecule has 0 nitrogen and oxygen atoms in total. The van der Waals surface area contributed by atoms with Crippen molar-refractivity contribution in [3.63, 3.8) is 0 Å². The predicted octanol–water partition coefficient (Wildman–Crippen LogP) is 5.27. The molecule has 0 aromatic heterocycles. The summed E-state index contributed by atoms with van der Waals surface area (Å²) in [4.78, 5) is 0. The van der Waals surface area contributed by atoms with Gasteiger partial charge in [0.1, 0.15) is 0 Å². The van der Waals surface area contributed by atoms with Crippen LogP contribution < -0.4 is 0 Å². The Morgan fingerprint density at radius 3 is 2.25 bits per heavy atom. The molecule has 0 bridgehead atoms. The molecule has 0 aromatic rings. The summed E-state index contributed by atoms with van der Waals surface area (Å²) in [5.74, 6) is 0.984. The van der Waals surface area contributed by atoms with Crippen molar-refractivity contribution in [1.82, 2.24) is 0 Å². The van der Waals surface area contributed by atoms with E-state index in [-0.39, 0.29) is 0 Å². The van der Waals surface area contributed by atoms with Gasteiger partial charge in [-0.1, -0.05) is 69.8 Å². The average Bonchev–Trinajstić information content (AvgIpc) is 2.23. The van der Waals surface area contributed by atoms with E-state index in [1.54, 1.807) is 6.08 Å². The zero-order valence-electron chi connectivity index (χ0n) is 10.5. The Hall–Kier alpha value is -0.520. The molecule has 2 radical (unpaired) electrons. The van der Waals surface area contributed by atoms with E-state index >= 15 is 0 Å². The van der Waals surface area contributed by atoms with Crippen molar-refractivity contribution in [2.75, 3.05) is 0 Å². The summed E-state index contributed by atoms with van der Waals surface area (Å²) in [6.45, 7) is 5.25. The molecule has 0 saturated heterocycles. The van der Waals surface area contributed by atoms with Gasteiger partial charge in [0.15, 0.2) is 0 Å². The minimum Gasteiger partial charge on any atom is -0.0845 e. The molecule has 1 aliphatic carbocycles. The summed E-state index contributed by atoms with van der Waals surface area (Å²) in [7, 11) is 0. The molecule has 0 spiro atoms. The smallest absolute Gasteiger partial charge is 0.0348 e. The van der Waals surface area contributed by atoms with Gasteiger partial charge in [-0.3, -0.25) is 0 Å². The fourth-order valence-corrected chi connectivity index (χ4v) is 2.14. The topological polar surface area (TPSA) is 0 Å². The molecule has 0 unspecified atom stereocenters. The second-order valence-corrected chi connectivity index (χ2v) is 4.89. The summed E-state index contributed by atoms with van der Waals surface area (Å²) in [5.41, 5.74) is 0. The Kier molecular flexibility index (Phi) is 8.20. The van der Waals surface area contributed by atoms with Crippen molar-refractivity contribution in [2.45, 2.75) is 64.2 Å². The fraction of sp³-hybridized carbons (Fsp3) is 0.688. The number of rotatable bonds is 10. The van der Waals surface area contributed by atoms with Crippen LogP contribution in [0.15, 0.2) is 18.2 Å². The van der Waals surface area contributed by atoms with Crippen LogP contribution in [0.1, 0.15) is 64.2 Å². The molecule has 0 amide bonds. The zero-order chi connectivity index (χ0) is 11.5. The van der Waals surface area contributed by atoms with E-state index in [1.807, 2.05) is 6.08 Å². The van der Waals surface area contributed by atoms with E-state index < -0.39 is 0 Å². The maximum Gasteiger partial charge on any atom is -0.0348 e. The van der Waals surface area contributed by atoms with Gasteiger partial charge in [0.25, 0.3) is 0 Å². The van der Waals surface area contributed by atoms with Gasteiger partial charge in [-0.2, -0.15) is 0 Å². The van der Waals surface area contributed by atoms with Gasteiger partial charge in [0.05, 0.1) is 0 Å². The van der Waals surface area contributed by atoms with Gasteiger partial charge in [-0.15, -0.1) is 0 Å². The average molecular weight is 218 g/mol. The highest BCUT2D eigenvalue weighted by molar-refractivity contribution is 4.95. The van der Waals surface area contributed by atoms with Crippen molar-refractivity contribution < 1.29 is 0 Å². The molecular weight excluding hydrogens is 192 g/mol. The van der Waals surface area contributed by atoms with Gasteiger partial charge in [-0.25, -0.2) is 0 Å². The van der Waals surface area contributed by atoms with E-state index in [0.717, 1.165) is 5.92 Å². The van der Waals surface area contributed by atoms with E-state index in [9.17, 15) is 0 Å². The quantitative estimate of drug-likeness (QED) is 0.346. The summed E-state index contributed by atoms with van der Waals surface area (Å²) in [5, 5.41) is 0. The van der Waals surface area contributed by atoms with Crippen molar-refractivity contribution in [3.05, 3.63) is 31.2 Å². The first-order valence-electron chi connectivity index (χ1n) is 6.97. The van der Waals surface area contributed by atoms with Crippen LogP contribution in [0.3, 0.4) is 0 Å². The van der Waals surface area contributed by atoms with Crippen molar-refractivity contribution in [2.24, 2.45) is 5.92 Å². The molecule has 1 saturated carbocycles. The number of hydrogen-bond donors (Lipinski definition) is 0. The SMILES string of the molecule is [CH]=CC=CCCCCCCC[CH]C1CCC1. The van der Waals surface area contributed by atoms with Crippen molar-refractivity contribution in [3.8, 4) is 0 Å². The first-order chi connectivity index (χ1) is 7.93. The summed E-state index contributed by atoms with van der Waals surface area (Å²) >= 11 is 0. The Morgan fingerprint density at radius 1 is 0.938 bits per heavy atom. The molecule has 0 aromatic carbocycles. The van der Waals surface area contributed by atoms with E-state index in [2.05, 4.69) is 12.5 Å². The Bertz CT molecular complexity index is 186. The number of allylic oxidation sites excluding steroid dienone is 3. The first-order valence-corrected chi connectivity index (χ1v) is 6.97. The standard InChI is InChI=1S/C16H26/c1-2-3-4-5-6-7-8-9-10-11-13-16-14-12-15-16/h1-4,13,16H,5-12,14-15H2. The van der Waals surface area contributed by atoms with Crippen molar-refractivity contribution >= 4 is 0 Å². The lowest BCUT2D eigenvalue weighted by Gasteiger charge is -2.24. The van der Waals surface area contributed by atoms with Gasteiger partial charge in [0, 0.05) is 0 Å². The second-order valence-electron chi connectivity index (χ2n) is 4.89. The van der Waals surface area contributed by atoms with Crippen LogP contribution in [-0.2, 0) is 0 Å². The normalized spacial score (nSPS) is 16.5. The van der Waals surface area contributed by atoms with Crippen LogP contribution in [0, 0.1) is 18.9 Å². The van der Waals surface area contributed by atoms with Crippen LogP contribution in [0.5, 0.6) is 0 Å². The minimum absolute atomic E-state index is 0.984. The zero-order valence-corrected chi connectivity index (χ0v) is 10.5.